The van der Waals surface area contributed by atoms with Crippen molar-refractivity contribution >= 4 is 11.6 Å². The maximum atomic E-state index is 13.2. The largest absolute Gasteiger partial charge is 0.320 e. The molecule has 0 saturated heterocycles. The van der Waals surface area contributed by atoms with Gasteiger partial charge in [0.1, 0.15) is 5.82 Å². The number of carbonyl (C=O) groups is 1. The van der Waals surface area contributed by atoms with Gasteiger partial charge in [-0.1, -0.05) is 18.2 Å². The summed E-state index contributed by atoms with van der Waals surface area (Å²) in [6, 6.07) is 12.1. The van der Waals surface area contributed by atoms with Crippen molar-refractivity contribution in [3.63, 3.8) is 0 Å². The van der Waals surface area contributed by atoms with Crippen molar-refractivity contribution in [2.75, 3.05) is 5.32 Å². The van der Waals surface area contributed by atoms with Crippen molar-refractivity contribution in [1.29, 1.82) is 0 Å². The van der Waals surface area contributed by atoms with E-state index >= 15 is 0 Å². The van der Waals surface area contributed by atoms with Crippen LogP contribution >= 0.6 is 0 Å². The Morgan fingerprint density at radius 3 is 2.46 bits per heavy atom. The maximum Gasteiger partial charge on any atom is 0.276 e. The van der Waals surface area contributed by atoms with Gasteiger partial charge in [0.2, 0.25) is 0 Å². The van der Waals surface area contributed by atoms with Crippen LogP contribution in [0.4, 0.5) is 10.1 Å². The van der Waals surface area contributed by atoms with Gasteiger partial charge < -0.3 is 5.32 Å². The number of halogens is 1. The molecule has 0 unspecified atom stereocenters. The predicted molar refractivity (Wildman–Crippen MR) is 99.4 cm³/mol. The van der Waals surface area contributed by atoms with Gasteiger partial charge in [-0.05, 0) is 68.5 Å². The number of para-hydroxylation sites is 1. The van der Waals surface area contributed by atoms with E-state index in [-0.39, 0.29) is 11.7 Å². The number of carbonyl (C=O) groups excluding carboxylic acids is 1. The molecule has 1 N–H and O–H groups in total. The Morgan fingerprint density at radius 2 is 1.77 bits per heavy atom. The number of nitrogens with zero attached hydrogens (tertiary/aromatic N) is 2. The summed E-state index contributed by atoms with van der Waals surface area (Å²) in [6.07, 6.45) is 2.71. The Balaban J connectivity index is 1.72. The number of hydrogen-bond acceptors (Lipinski definition) is 2. The number of hydrogen-bond donors (Lipinski definition) is 1. The minimum absolute atomic E-state index is 0.193. The monoisotopic (exact) mass is 349 g/mol. The van der Waals surface area contributed by atoms with Gasteiger partial charge in [0, 0.05) is 16.9 Å². The zero-order valence-electron chi connectivity index (χ0n) is 14.8. The Kier molecular flexibility index (Phi) is 4.07. The number of amides is 1. The SMILES string of the molecule is Cc1cccc(C)c1NC(=O)c1nn(-c2ccc(F)cc2)c2c1CCC2. The molecule has 1 aliphatic carbocycles. The van der Waals surface area contributed by atoms with Crippen LogP contribution in [0.3, 0.4) is 0 Å². The number of nitrogens with one attached hydrogen (secondary N) is 1. The lowest BCUT2D eigenvalue weighted by Gasteiger charge is -2.11. The van der Waals surface area contributed by atoms with E-state index in [1.807, 2.05) is 32.0 Å². The third-order valence-electron chi connectivity index (χ3n) is 4.94. The third-order valence-corrected chi connectivity index (χ3v) is 4.94. The molecule has 2 aromatic carbocycles. The molecular weight excluding hydrogens is 329 g/mol. The van der Waals surface area contributed by atoms with Crippen LogP contribution in [0.25, 0.3) is 5.69 Å². The summed E-state index contributed by atoms with van der Waals surface area (Å²) in [5, 5.41) is 7.59. The first-order chi connectivity index (χ1) is 12.5. The third kappa shape index (κ3) is 2.79. The van der Waals surface area contributed by atoms with Crippen molar-refractivity contribution < 1.29 is 9.18 Å². The molecule has 5 heteroatoms. The second-order valence-corrected chi connectivity index (χ2v) is 6.74. The van der Waals surface area contributed by atoms with E-state index in [1.165, 1.54) is 12.1 Å². The molecule has 0 saturated carbocycles. The highest BCUT2D eigenvalue weighted by Gasteiger charge is 2.27. The first-order valence-corrected chi connectivity index (χ1v) is 8.79. The average molecular weight is 349 g/mol. The van der Waals surface area contributed by atoms with Crippen LogP contribution < -0.4 is 5.32 Å². The Hall–Kier alpha value is -2.95. The fourth-order valence-electron chi connectivity index (χ4n) is 3.60. The standard InChI is InChI=1S/C21H20FN3O/c1-13-5-3-6-14(2)19(13)23-21(26)20-17-7-4-8-18(17)25(24-20)16-11-9-15(22)10-12-16/h3,5-6,9-12H,4,7-8H2,1-2H3,(H,23,26). The zero-order chi connectivity index (χ0) is 18.3. The first kappa shape index (κ1) is 16.5. The van der Waals surface area contributed by atoms with Gasteiger partial charge in [-0.25, -0.2) is 9.07 Å². The van der Waals surface area contributed by atoms with E-state index in [0.29, 0.717) is 5.69 Å². The Morgan fingerprint density at radius 1 is 1.08 bits per heavy atom. The molecule has 1 heterocycles. The molecule has 26 heavy (non-hydrogen) atoms. The molecule has 0 aliphatic heterocycles. The quantitative estimate of drug-likeness (QED) is 0.763. The highest BCUT2D eigenvalue weighted by Crippen LogP contribution is 2.29. The summed E-state index contributed by atoms with van der Waals surface area (Å²) in [4.78, 5) is 12.9. The van der Waals surface area contributed by atoms with Crippen molar-refractivity contribution in [3.8, 4) is 5.69 Å². The van der Waals surface area contributed by atoms with Crippen LogP contribution in [0, 0.1) is 19.7 Å². The molecule has 0 bridgehead atoms. The highest BCUT2D eigenvalue weighted by atomic mass is 19.1. The number of aryl methyl sites for hydroxylation is 2. The molecule has 0 fully saturated rings. The highest BCUT2D eigenvalue weighted by molar-refractivity contribution is 6.05. The first-order valence-electron chi connectivity index (χ1n) is 8.79. The number of anilines is 1. The van der Waals surface area contributed by atoms with Gasteiger partial charge in [-0.3, -0.25) is 4.79 Å². The molecule has 3 aromatic rings. The number of rotatable bonds is 3. The fourth-order valence-corrected chi connectivity index (χ4v) is 3.60. The lowest BCUT2D eigenvalue weighted by Crippen LogP contribution is -2.16. The summed E-state index contributed by atoms with van der Waals surface area (Å²) in [6.45, 7) is 3.95. The van der Waals surface area contributed by atoms with Crippen LogP contribution in [-0.2, 0) is 12.8 Å². The second kappa shape index (κ2) is 6.41. The smallest absolute Gasteiger partial charge is 0.276 e. The number of benzene rings is 2. The molecule has 1 aliphatic rings. The normalized spacial score (nSPS) is 12.9. The molecule has 0 atom stereocenters. The topological polar surface area (TPSA) is 46.9 Å². The van der Waals surface area contributed by atoms with E-state index in [1.54, 1.807) is 16.8 Å². The van der Waals surface area contributed by atoms with Gasteiger partial charge in [0.05, 0.1) is 5.69 Å². The average Bonchev–Trinajstić information content (AvgIpc) is 3.21. The molecule has 1 aromatic heterocycles. The van der Waals surface area contributed by atoms with Gasteiger partial charge in [0.25, 0.3) is 5.91 Å². The summed E-state index contributed by atoms with van der Waals surface area (Å²) >= 11 is 0. The van der Waals surface area contributed by atoms with Crippen molar-refractivity contribution in [1.82, 2.24) is 9.78 Å². The summed E-state index contributed by atoms with van der Waals surface area (Å²) in [7, 11) is 0. The van der Waals surface area contributed by atoms with Crippen LogP contribution in [0.1, 0.15) is 39.3 Å². The molecule has 132 valence electrons. The summed E-state index contributed by atoms with van der Waals surface area (Å²) < 4.78 is 15.0. The minimum Gasteiger partial charge on any atom is -0.320 e. The van der Waals surface area contributed by atoms with E-state index in [0.717, 1.165) is 53.0 Å². The number of fused-ring (bicyclic) bond motifs is 1. The molecule has 4 rings (SSSR count). The van der Waals surface area contributed by atoms with E-state index < -0.39 is 0 Å². The number of aromatic nitrogens is 2. The molecule has 4 nitrogen and oxygen atoms in total. The summed E-state index contributed by atoms with van der Waals surface area (Å²) in [5.41, 5.74) is 6.16. The molecule has 0 spiro atoms. The lowest BCUT2D eigenvalue weighted by atomic mass is 10.1. The van der Waals surface area contributed by atoms with Crippen molar-refractivity contribution in [2.45, 2.75) is 33.1 Å². The van der Waals surface area contributed by atoms with E-state index in [9.17, 15) is 9.18 Å². The summed E-state index contributed by atoms with van der Waals surface area (Å²) in [5.74, 6) is -0.480. The van der Waals surface area contributed by atoms with E-state index in [4.69, 9.17) is 0 Å². The van der Waals surface area contributed by atoms with Crippen LogP contribution in [0.15, 0.2) is 42.5 Å². The van der Waals surface area contributed by atoms with Crippen molar-refractivity contribution in [2.24, 2.45) is 0 Å². The van der Waals surface area contributed by atoms with Gasteiger partial charge >= 0.3 is 0 Å². The lowest BCUT2D eigenvalue weighted by molar-refractivity contribution is 0.102. The Labute approximate surface area is 151 Å². The van der Waals surface area contributed by atoms with Crippen LogP contribution in [0.5, 0.6) is 0 Å². The van der Waals surface area contributed by atoms with Gasteiger partial charge in [-0.2, -0.15) is 5.10 Å². The van der Waals surface area contributed by atoms with Gasteiger partial charge in [0.15, 0.2) is 5.69 Å². The molecule has 1 amide bonds. The fraction of sp³-hybridized carbons (Fsp3) is 0.238. The molecule has 0 radical (unpaired) electrons. The van der Waals surface area contributed by atoms with E-state index in [2.05, 4.69) is 10.4 Å². The maximum absolute atomic E-state index is 13.2. The van der Waals surface area contributed by atoms with Gasteiger partial charge in [-0.15, -0.1) is 0 Å². The Bertz CT molecular complexity index is 969. The predicted octanol–water partition coefficient (Wildman–Crippen LogP) is 4.37. The second-order valence-electron chi connectivity index (χ2n) is 6.74. The van der Waals surface area contributed by atoms with Crippen molar-refractivity contribution in [3.05, 3.63) is 76.4 Å². The van der Waals surface area contributed by atoms with Crippen LogP contribution in [-0.4, -0.2) is 15.7 Å². The zero-order valence-corrected chi connectivity index (χ0v) is 14.8. The molecular formula is C21H20FN3O. The minimum atomic E-state index is -0.287. The van der Waals surface area contributed by atoms with Crippen LogP contribution in [0.2, 0.25) is 0 Å².